The van der Waals surface area contributed by atoms with Crippen molar-refractivity contribution in [3.63, 3.8) is 0 Å². The van der Waals surface area contributed by atoms with E-state index in [0.29, 0.717) is 17.2 Å². The zero-order chi connectivity index (χ0) is 21.6. The molecule has 3 nitrogen and oxygen atoms in total. The van der Waals surface area contributed by atoms with Crippen LogP contribution in [0.1, 0.15) is 18.9 Å². The SMILES string of the molecule is CCCc1ccc(O)c(-c2ccccc2)c1.Oc1ccccc1.Oc1ccccc1. The van der Waals surface area contributed by atoms with E-state index in [1.807, 2.05) is 48.5 Å². The van der Waals surface area contributed by atoms with Gasteiger partial charge in [0.2, 0.25) is 0 Å². The van der Waals surface area contributed by atoms with Gasteiger partial charge in [-0.3, -0.25) is 0 Å². The van der Waals surface area contributed by atoms with Crippen LogP contribution in [0.25, 0.3) is 11.1 Å². The summed E-state index contributed by atoms with van der Waals surface area (Å²) in [5.41, 5.74) is 3.27. The van der Waals surface area contributed by atoms with Gasteiger partial charge in [-0.15, -0.1) is 0 Å². The second-order valence-electron chi connectivity index (χ2n) is 6.64. The molecule has 0 amide bonds. The molecule has 4 rings (SSSR count). The molecule has 0 heterocycles. The number of phenolic OH excluding ortho intramolecular Hbond substituents is 3. The van der Waals surface area contributed by atoms with Gasteiger partial charge in [0.25, 0.3) is 0 Å². The van der Waals surface area contributed by atoms with Crippen molar-refractivity contribution >= 4 is 0 Å². The van der Waals surface area contributed by atoms with Crippen molar-refractivity contribution in [2.45, 2.75) is 19.8 Å². The number of para-hydroxylation sites is 2. The smallest absolute Gasteiger partial charge is 0.123 e. The van der Waals surface area contributed by atoms with Gasteiger partial charge in [0, 0.05) is 5.56 Å². The number of hydrogen-bond acceptors (Lipinski definition) is 3. The van der Waals surface area contributed by atoms with Crippen LogP contribution in [0.2, 0.25) is 0 Å². The highest BCUT2D eigenvalue weighted by Gasteiger charge is 2.04. The molecule has 3 heteroatoms. The topological polar surface area (TPSA) is 60.7 Å². The Morgan fingerprint density at radius 2 is 1.03 bits per heavy atom. The van der Waals surface area contributed by atoms with Crippen LogP contribution in [0.5, 0.6) is 17.2 Å². The minimum absolute atomic E-state index is 0.322. The molecule has 0 saturated heterocycles. The number of aryl methyl sites for hydroxylation is 1. The molecule has 154 valence electrons. The summed E-state index contributed by atoms with van der Waals surface area (Å²) in [5.74, 6) is 0.996. The third-order valence-electron chi connectivity index (χ3n) is 4.20. The molecule has 0 unspecified atom stereocenters. The van der Waals surface area contributed by atoms with Gasteiger partial charge in [-0.2, -0.15) is 0 Å². The average molecular weight is 401 g/mol. The Hall–Kier alpha value is -3.72. The predicted octanol–water partition coefficient (Wildman–Crippen LogP) is 6.80. The lowest BCUT2D eigenvalue weighted by molar-refractivity contribution is 0.475. The second kappa shape index (κ2) is 12.7. The van der Waals surface area contributed by atoms with Gasteiger partial charge in [0.15, 0.2) is 0 Å². The van der Waals surface area contributed by atoms with Crippen molar-refractivity contribution in [2.75, 3.05) is 0 Å². The maximum Gasteiger partial charge on any atom is 0.123 e. The molecule has 30 heavy (non-hydrogen) atoms. The molecule has 0 aliphatic heterocycles. The summed E-state index contributed by atoms with van der Waals surface area (Å²) >= 11 is 0. The van der Waals surface area contributed by atoms with Crippen molar-refractivity contribution in [1.29, 1.82) is 0 Å². The summed E-state index contributed by atoms with van der Waals surface area (Å²) in [6.07, 6.45) is 2.18. The number of benzene rings is 4. The van der Waals surface area contributed by atoms with Gasteiger partial charge in [0.1, 0.15) is 17.2 Å². The molecule has 0 atom stereocenters. The highest BCUT2D eigenvalue weighted by atomic mass is 16.3. The third kappa shape index (κ3) is 8.11. The van der Waals surface area contributed by atoms with E-state index in [9.17, 15) is 5.11 Å². The molecule has 0 aromatic heterocycles. The van der Waals surface area contributed by atoms with Crippen LogP contribution in [0.15, 0.2) is 109 Å². The molecular formula is C27H28O3. The molecule has 3 N–H and O–H groups in total. The van der Waals surface area contributed by atoms with Gasteiger partial charge < -0.3 is 15.3 Å². The minimum atomic E-state index is 0.322. The van der Waals surface area contributed by atoms with E-state index in [-0.39, 0.29) is 0 Å². The van der Waals surface area contributed by atoms with E-state index < -0.39 is 0 Å². The summed E-state index contributed by atoms with van der Waals surface area (Å²) < 4.78 is 0. The summed E-state index contributed by atoms with van der Waals surface area (Å²) in [6.45, 7) is 2.16. The largest absolute Gasteiger partial charge is 0.508 e. The second-order valence-corrected chi connectivity index (χ2v) is 6.64. The first kappa shape index (κ1) is 22.6. The summed E-state index contributed by atoms with van der Waals surface area (Å²) in [6, 6.07) is 33.3. The molecule has 0 bridgehead atoms. The molecule has 0 fully saturated rings. The van der Waals surface area contributed by atoms with Gasteiger partial charge >= 0.3 is 0 Å². The lowest BCUT2D eigenvalue weighted by atomic mass is 10.0. The van der Waals surface area contributed by atoms with Gasteiger partial charge in [-0.25, -0.2) is 0 Å². The van der Waals surface area contributed by atoms with Crippen molar-refractivity contribution in [3.05, 3.63) is 115 Å². The normalized spacial score (nSPS) is 9.50. The number of rotatable bonds is 3. The minimum Gasteiger partial charge on any atom is -0.508 e. The molecule has 4 aromatic rings. The van der Waals surface area contributed by atoms with Crippen LogP contribution in [-0.2, 0) is 6.42 Å². The maximum atomic E-state index is 9.86. The molecule has 0 radical (unpaired) electrons. The van der Waals surface area contributed by atoms with Gasteiger partial charge in [0.05, 0.1) is 0 Å². The quantitative estimate of drug-likeness (QED) is 0.354. The van der Waals surface area contributed by atoms with Crippen LogP contribution < -0.4 is 0 Å². The third-order valence-corrected chi connectivity index (χ3v) is 4.20. The van der Waals surface area contributed by atoms with E-state index in [4.69, 9.17) is 10.2 Å². The maximum absolute atomic E-state index is 9.86. The van der Waals surface area contributed by atoms with E-state index in [1.54, 1.807) is 54.6 Å². The first-order valence-corrected chi connectivity index (χ1v) is 9.95. The fourth-order valence-corrected chi connectivity index (χ4v) is 2.73. The Morgan fingerprint density at radius 3 is 1.43 bits per heavy atom. The van der Waals surface area contributed by atoms with E-state index >= 15 is 0 Å². The molecule has 0 saturated carbocycles. The first-order chi connectivity index (χ1) is 14.6. The number of aromatic hydroxyl groups is 3. The van der Waals surface area contributed by atoms with Crippen LogP contribution in [0.3, 0.4) is 0 Å². The predicted molar refractivity (Wildman–Crippen MR) is 124 cm³/mol. The molecule has 4 aromatic carbocycles. The van der Waals surface area contributed by atoms with E-state index in [1.165, 1.54) is 5.56 Å². The Labute approximate surface area is 178 Å². The van der Waals surface area contributed by atoms with Crippen molar-refractivity contribution in [2.24, 2.45) is 0 Å². The van der Waals surface area contributed by atoms with Crippen LogP contribution in [-0.4, -0.2) is 15.3 Å². The van der Waals surface area contributed by atoms with Crippen LogP contribution in [0.4, 0.5) is 0 Å². The number of phenols is 3. The Balaban J connectivity index is 0.000000188. The first-order valence-electron chi connectivity index (χ1n) is 9.95. The van der Waals surface area contributed by atoms with E-state index in [2.05, 4.69) is 13.0 Å². The van der Waals surface area contributed by atoms with E-state index in [0.717, 1.165) is 24.0 Å². The Kier molecular flexibility index (Phi) is 9.54. The zero-order valence-electron chi connectivity index (χ0n) is 17.1. The van der Waals surface area contributed by atoms with Crippen molar-refractivity contribution in [3.8, 4) is 28.4 Å². The Morgan fingerprint density at radius 1 is 0.567 bits per heavy atom. The highest BCUT2D eigenvalue weighted by Crippen LogP contribution is 2.30. The van der Waals surface area contributed by atoms with Gasteiger partial charge in [-0.1, -0.05) is 86.1 Å². The monoisotopic (exact) mass is 400 g/mol. The summed E-state index contributed by atoms with van der Waals surface area (Å²) in [4.78, 5) is 0. The Bertz CT molecular complexity index is 931. The molecular weight excluding hydrogens is 372 g/mol. The average Bonchev–Trinajstić information content (AvgIpc) is 2.78. The zero-order valence-corrected chi connectivity index (χ0v) is 17.1. The fourth-order valence-electron chi connectivity index (χ4n) is 2.73. The van der Waals surface area contributed by atoms with Crippen LogP contribution in [0, 0.1) is 0 Å². The van der Waals surface area contributed by atoms with Crippen molar-refractivity contribution in [1.82, 2.24) is 0 Å². The van der Waals surface area contributed by atoms with Gasteiger partial charge in [-0.05, 0) is 53.9 Å². The highest BCUT2D eigenvalue weighted by molar-refractivity contribution is 5.70. The molecule has 0 spiro atoms. The standard InChI is InChI=1S/C15H16O.2C6H6O/c1-2-6-12-9-10-15(16)14(11-12)13-7-4-3-5-8-13;2*7-6-4-2-1-3-5-6/h3-5,7-11,16H,2,6H2,1H3;2*1-5,7H. The van der Waals surface area contributed by atoms with Crippen LogP contribution >= 0.6 is 0 Å². The molecule has 0 aliphatic rings. The summed E-state index contributed by atoms with van der Waals surface area (Å²) in [5, 5.41) is 27.1. The number of hydrogen-bond donors (Lipinski definition) is 3. The molecule has 0 aliphatic carbocycles. The van der Waals surface area contributed by atoms with Crippen molar-refractivity contribution < 1.29 is 15.3 Å². The lowest BCUT2D eigenvalue weighted by Gasteiger charge is -2.07. The lowest BCUT2D eigenvalue weighted by Crippen LogP contribution is -1.85. The fraction of sp³-hybridized carbons (Fsp3) is 0.111. The summed E-state index contributed by atoms with van der Waals surface area (Å²) in [7, 11) is 0.